The molecule has 0 unspecified atom stereocenters. The van der Waals surface area contributed by atoms with E-state index in [1.165, 1.54) is 16.9 Å². The average molecular weight is 441 g/mol. The number of rotatable bonds is 4. The van der Waals surface area contributed by atoms with Gasteiger partial charge < -0.3 is 0 Å². The van der Waals surface area contributed by atoms with E-state index in [1.807, 2.05) is 37.3 Å². The number of hydrogen-bond acceptors (Lipinski definition) is 3. The molecule has 4 aromatic rings. The van der Waals surface area contributed by atoms with Gasteiger partial charge in [0.25, 0.3) is 5.91 Å². The van der Waals surface area contributed by atoms with Crippen LogP contribution in [-0.4, -0.2) is 10.9 Å². The molecular formula is C23H18Cl2N2OS. The number of carbonyl (C=O) groups is 1. The third kappa shape index (κ3) is 4.15. The molecule has 0 bridgehead atoms. The Kier molecular flexibility index (Phi) is 5.59. The smallest absolute Gasteiger partial charge is 0.261 e. The van der Waals surface area contributed by atoms with Crippen molar-refractivity contribution in [2.24, 2.45) is 0 Å². The van der Waals surface area contributed by atoms with Crippen LogP contribution in [0.3, 0.4) is 0 Å². The molecule has 1 heterocycles. The molecule has 6 heteroatoms. The topological polar surface area (TPSA) is 33.2 Å². The highest BCUT2D eigenvalue weighted by molar-refractivity contribution is 7.22. The van der Waals surface area contributed by atoms with Gasteiger partial charge in [-0.2, -0.15) is 0 Å². The lowest BCUT2D eigenvalue weighted by Gasteiger charge is -2.21. The molecule has 0 spiro atoms. The molecule has 0 aliphatic carbocycles. The van der Waals surface area contributed by atoms with Gasteiger partial charge in [0.05, 0.1) is 27.3 Å². The summed E-state index contributed by atoms with van der Waals surface area (Å²) in [6.07, 6.45) is 0. The first-order valence-corrected chi connectivity index (χ1v) is 10.7. The summed E-state index contributed by atoms with van der Waals surface area (Å²) in [7, 11) is 0. The minimum absolute atomic E-state index is 0.227. The number of thiazole rings is 1. The second-order valence-electron chi connectivity index (χ2n) is 6.93. The van der Waals surface area contributed by atoms with Crippen LogP contribution in [0.25, 0.3) is 10.2 Å². The Morgan fingerprint density at radius 2 is 1.79 bits per heavy atom. The van der Waals surface area contributed by atoms with E-state index in [4.69, 9.17) is 28.2 Å². The quantitative estimate of drug-likeness (QED) is 0.339. The molecule has 1 amide bonds. The number of nitrogens with zero attached hydrogens (tertiary/aromatic N) is 2. The molecule has 0 saturated heterocycles. The molecular weight excluding hydrogens is 423 g/mol. The normalized spacial score (nSPS) is 11.0. The van der Waals surface area contributed by atoms with Gasteiger partial charge in [-0.25, -0.2) is 4.98 Å². The first kappa shape index (κ1) is 19.9. The Balaban J connectivity index is 1.83. The molecule has 0 fully saturated rings. The van der Waals surface area contributed by atoms with Crippen LogP contribution < -0.4 is 4.90 Å². The number of carbonyl (C=O) groups excluding carboxylic acids is 1. The van der Waals surface area contributed by atoms with Crippen LogP contribution in [0.4, 0.5) is 5.13 Å². The summed E-state index contributed by atoms with van der Waals surface area (Å²) in [6.45, 7) is 4.49. The molecule has 0 saturated carbocycles. The van der Waals surface area contributed by atoms with Crippen molar-refractivity contribution in [1.82, 2.24) is 4.98 Å². The zero-order chi connectivity index (χ0) is 20.5. The van der Waals surface area contributed by atoms with Gasteiger partial charge in [0, 0.05) is 5.02 Å². The third-order valence-electron chi connectivity index (χ3n) is 4.64. The summed E-state index contributed by atoms with van der Waals surface area (Å²) >= 11 is 14.0. The van der Waals surface area contributed by atoms with Crippen molar-refractivity contribution in [3.63, 3.8) is 0 Å². The van der Waals surface area contributed by atoms with Crippen molar-refractivity contribution in [2.75, 3.05) is 4.90 Å². The number of hydrogen-bond donors (Lipinski definition) is 0. The van der Waals surface area contributed by atoms with Gasteiger partial charge in [0.1, 0.15) is 0 Å². The minimum atomic E-state index is -0.227. The third-order valence-corrected chi connectivity index (χ3v) is 6.23. The molecule has 3 aromatic carbocycles. The van der Waals surface area contributed by atoms with Crippen molar-refractivity contribution < 1.29 is 4.79 Å². The number of amides is 1. The molecule has 0 atom stereocenters. The van der Waals surface area contributed by atoms with Crippen molar-refractivity contribution >= 4 is 55.8 Å². The van der Waals surface area contributed by atoms with Crippen molar-refractivity contribution in [3.05, 3.63) is 93.0 Å². The van der Waals surface area contributed by atoms with Crippen molar-refractivity contribution in [2.45, 2.75) is 20.4 Å². The number of benzene rings is 3. The predicted molar refractivity (Wildman–Crippen MR) is 123 cm³/mol. The van der Waals surface area contributed by atoms with E-state index >= 15 is 0 Å². The predicted octanol–water partition coefficient (Wildman–Crippen LogP) is 7.07. The summed E-state index contributed by atoms with van der Waals surface area (Å²) in [5.74, 6) is -0.227. The second-order valence-corrected chi connectivity index (χ2v) is 8.78. The van der Waals surface area contributed by atoms with Crippen LogP contribution in [0.5, 0.6) is 0 Å². The Hall–Kier alpha value is -2.40. The molecule has 3 nitrogen and oxygen atoms in total. The van der Waals surface area contributed by atoms with Gasteiger partial charge >= 0.3 is 0 Å². The SMILES string of the molecule is Cc1cc(C)c2nc(N(Cc3ccccc3)C(=O)c3cc(Cl)ccc3Cl)sc2c1. The number of aromatic nitrogens is 1. The van der Waals surface area contributed by atoms with Gasteiger partial charge in [-0.15, -0.1) is 0 Å². The zero-order valence-corrected chi connectivity index (χ0v) is 18.3. The lowest BCUT2D eigenvalue weighted by atomic mass is 10.1. The van der Waals surface area contributed by atoms with Gasteiger partial charge in [-0.3, -0.25) is 9.69 Å². The summed E-state index contributed by atoms with van der Waals surface area (Å²) < 4.78 is 1.06. The largest absolute Gasteiger partial charge is 0.279 e. The fraction of sp³-hybridized carbons (Fsp3) is 0.130. The van der Waals surface area contributed by atoms with Crippen molar-refractivity contribution in [1.29, 1.82) is 0 Å². The fourth-order valence-electron chi connectivity index (χ4n) is 3.27. The van der Waals surface area contributed by atoms with Gasteiger partial charge in [-0.1, -0.05) is 70.9 Å². The van der Waals surface area contributed by atoms with Crippen LogP contribution >= 0.6 is 34.5 Å². The first-order chi connectivity index (χ1) is 13.9. The molecule has 0 aliphatic heterocycles. The lowest BCUT2D eigenvalue weighted by molar-refractivity contribution is 0.0985. The highest BCUT2D eigenvalue weighted by Gasteiger charge is 2.24. The van der Waals surface area contributed by atoms with Gasteiger partial charge in [-0.05, 0) is 54.8 Å². The number of anilines is 1. The van der Waals surface area contributed by atoms with Crippen LogP contribution in [0, 0.1) is 13.8 Å². The maximum atomic E-state index is 13.5. The number of fused-ring (bicyclic) bond motifs is 1. The molecule has 0 radical (unpaired) electrons. The van der Waals surface area contributed by atoms with Crippen LogP contribution in [0.1, 0.15) is 27.0 Å². The summed E-state index contributed by atoms with van der Waals surface area (Å²) in [5.41, 5.74) is 4.55. The van der Waals surface area contributed by atoms with E-state index in [2.05, 4.69) is 19.1 Å². The van der Waals surface area contributed by atoms with Crippen LogP contribution in [0.2, 0.25) is 10.0 Å². The van der Waals surface area contributed by atoms with Crippen LogP contribution in [-0.2, 0) is 6.54 Å². The van der Waals surface area contributed by atoms with E-state index < -0.39 is 0 Å². The van der Waals surface area contributed by atoms with E-state index in [1.54, 1.807) is 23.1 Å². The Morgan fingerprint density at radius 1 is 1.03 bits per heavy atom. The van der Waals surface area contributed by atoms with E-state index in [9.17, 15) is 4.79 Å². The highest BCUT2D eigenvalue weighted by Crippen LogP contribution is 2.34. The van der Waals surface area contributed by atoms with Gasteiger partial charge in [0.15, 0.2) is 5.13 Å². The van der Waals surface area contributed by atoms with E-state index in [0.29, 0.717) is 27.3 Å². The molecule has 29 heavy (non-hydrogen) atoms. The fourth-order valence-corrected chi connectivity index (χ4v) is 4.78. The molecule has 0 N–H and O–H groups in total. The molecule has 1 aromatic heterocycles. The molecule has 4 rings (SSSR count). The maximum Gasteiger partial charge on any atom is 0.261 e. The number of halogens is 2. The van der Waals surface area contributed by atoms with Crippen molar-refractivity contribution in [3.8, 4) is 0 Å². The summed E-state index contributed by atoms with van der Waals surface area (Å²) in [6, 6.07) is 19.0. The average Bonchev–Trinajstić information content (AvgIpc) is 3.12. The maximum absolute atomic E-state index is 13.5. The monoisotopic (exact) mass is 440 g/mol. The zero-order valence-electron chi connectivity index (χ0n) is 15.9. The standard InChI is InChI=1S/C23H18Cl2N2OS/c1-14-10-15(2)21-20(11-14)29-23(26-21)27(13-16-6-4-3-5-7-16)22(28)18-12-17(24)8-9-19(18)25/h3-12H,13H2,1-2H3. The van der Waals surface area contributed by atoms with E-state index in [-0.39, 0.29) is 5.91 Å². The van der Waals surface area contributed by atoms with Gasteiger partial charge in [0.2, 0.25) is 0 Å². The summed E-state index contributed by atoms with van der Waals surface area (Å²) in [4.78, 5) is 20.0. The second kappa shape index (κ2) is 8.15. The summed E-state index contributed by atoms with van der Waals surface area (Å²) in [5, 5.41) is 1.47. The molecule has 0 aliphatic rings. The Labute approximate surface area is 183 Å². The number of aryl methyl sites for hydroxylation is 2. The molecule has 146 valence electrons. The highest BCUT2D eigenvalue weighted by atomic mass is 35.5. The minimum Gasteiger partial charge on any atom is -0.279 e. The lowest BCUT2D eigenvalue weighted by Crippen LogP contribution is -2.30. The first-order valence-electron chi connectivity index (χ1n) is 9.11. The van der Waals surface area contributed by atoms with Crippen LogP contribution in [0.15, 0.2) is 60.7 Å². The van der Waals surface area contributed by atoms with E-state index in [0.717, 1.165) is 21.3 Å². The Bertz CT molecular complexity index is 1200. The Morgan fingerprint density at radius 3 is 2.55 bits per heavy atom.